The molecular weight excluding hydrogens is 284 g/mol. The molecule has 0 saturated carbocycles. The van der Waals surface area contributed by atoms with E-state index in [1.807, 2.05) is 23.9 Å². The number of nitrogens with zero attached hydrogens (tertiary/aromatic N) is 4. The number of halogens is 1. The molecule has 0 atom stereocenters. The number of rotatable bonds is 2. The Labute approximate surface area is 97.9 Å². The van der Waals surface area contributed by atoms with Gasteiger partial charge < -0.3 is 4.57 Å². The van der Waals surface area contributed by atoms with Gasteiger partial charge in [-0.2, -0.15) is 0 Å². The number of aryl methyl sites for hydroxylation is 1. The molecule has 2 aromatic heterocycles. The topological polar surface area (TPSA) is 43.6 Å². The van der Waals surface area contributed by atoms with Crippen LogP contribution in [0.15, 0.2) is 19.5 Å². The van der Waals surface area contributed by atoms with Gasteiger partial charge in [0.25, 0.3) is 0 Å². The van der Waals surface area contributed by atoms with Crippen LogP contribution in [0.4, 0.5) is 0 Å². The summed E-state index contributed by atoms with van der Waals surface area (Å²) >= 11 is 6.42. The summed E-state index contributed by atoms with van der Waals surface area (Å²) in [6.45, 7) is 1.93. The second-order valence-corrected chi connectivity index (χ2v) is 5.51. The number of hydrogen-bond donors (Lipinski definition) is 0. The van der Waals surface area contributed by atoms with E-state index in [2.05, 4.69) is 31.1 Å². The summed E-state index contributed by atoms with van der Waals surface area (Å²) in [5, 5.41) is 10.8. The minimum atomic E-state index is 0.865. The van der Waals surface area contributed by atoms with Crippen molar-refractivity contribution in [1.82, 2.24) is 19.7 Å². The highest BCUT2D eigenvalue weighted by Crippen LogP contribution is 2.30. The summed E-state index contributed by atoms with van der Waals surface area (Å²) < 4.78 is 3.77. The van der Waals surface area contributed by atoms with Crippen molar-refractivity contribution in [2.45, 2.75) is 16.4 Å². The van der Waals surface area contributed by atoms with E-state index in [-0.39, 0.29) is 0 Å². The van der Waals surface area contributed by atoms with Gasteiger partial charge >= 0.3 is 0 Å². The molecule has 0 saturated heterocycles. The fourth-order valence-electron chi connectivity index (χ4n) is 0.841. The first-order valence-corrected chi connectivity index (χ1v) is 6.30. The minimum absolute atomic E-state index is 0.865. The second kappa shape index (κ2) is 4.00. The number of hydrogen-bond acceptors (Lipinski definition) is 5. The molecule has 14 heavy (non-hydrogen) atoms. The van der Waals surface area contributed by atoms with Crippen molar-refractivity contribution in [3.63, 3.8) is 0 Å². The summed E-state index contributed by atoms with van der Waals surface area (Å²) in [5.74, 6) is 0.906. The van der Waals surface area contributed by atoms with E-state index in [9.17, 15) is 0 Å². The maximum absolute atomic E-state index is 4.27. The highest BCUT2D eigenvalue weighted by Gasteiger charge is 2.09. The molecule has 0 aliphatic heterocycles. The van der Waals surface area contributed by atoms with Crippen LogP contribution in [0.25, 0.3) is 0 Å². The lowest BCUT2D eigenvalue weighted by Crippen LogP contribution is -1.92. The Kier molecular flexibility index (Phi) is 2.89. The van der Waals surface area contributed by atoms with Crippen LogP contribution in [0.2, 0.25) is 0 Å². The van der Waals surface area contributed by atoms with E-state index in [1.165, 1.54) is 11.8 Å². The summed E-state index contributed by atoms with van der Waals surface area (Å²) in [5.41, 5.74) is 0. The molecule has 0 fully saturated rings. The first-order chi connectivity index (χ1) is 6.66. The molecule has 0 aliphatic carbocycles. The minimum Gasteiger partial charge on any atom is -0.309 e. The van der Waals surface area contributed by atoms with Crippen LogP contribution in [-0.2, 0) is 7.05 Å². The van der Waals surface area contributed by atoms with Crippen molar-refractivity contribution in [2.75, 3.05) is 0 Å². The second-order valence-electron chi connectivity index (χ2n) is 2.63. The predicted octanol–water partition coefficient (Wildman–Crippen LogP) is 2.49. The lowest BCUT2D eigenvalue weighted by molar-refractivity contribution is 0.765. The summed E-state index contributed by atoms with van der Waals surface area (Å²) in [7, 11) is 1.94. The Morgan fingerprint density at radius 2 is 2.29 bits per heavy atom. The van der Waals surface area contributed by atoms with Crippen molar-refractivity contribution in [3.8, 4) is 0 Å². The highest BCUT2D eigenvalue weighted by atomic mass is 79.9. The molecule has 2 rings (SSSR count). The SMILES string of the molecule is Cc1nnc(Sc2nc(Br)cs2)n1C. The van der Waals surface area contributed by atoms with E-state index in [0.717, 1.165) is 19.9 Å². The molecule has 0 radical (unpaired) electrons. The van der Waals surface area contributed by atoms with Crippen LogP contribution < -0.4 is 0 Å². The van der Waals surface area contributed by atoms with E-state index in [1.54, 1.807) is 11.3 Å². The molecule has 0 spiro atoms. The van der Waals surface area contributed by atoms with Gasteiger partial charge in [-0.05, 0) is 34.6 Å². The molecule has 0 aromatic carbocycles. The fourth-order valence-corrected chi connectivity index (χ4v) is 3.15. The molecule has 0 aliphatic rings. The molecule has 2 aromatic rings. The third kappa shape index (κ3) is 1.99. The third-order valence-corrected chi connectivity index (χ3v) is 4.37. The smallest absolute Gasteiger partial charge is 0.198 e. The van der Waals surface area contributed by atoms with Crippen molar-refractivity contribution in [1.29, 1.82) is 0 Å². The van der Waals surface area contributed by atoms with Crippen LogP contribution in [0.1, 0.15) is 5.82 Å². The first-order valence-electron chi connectivity index (χ1n) is 3.81. The van der Waals surface area contributed by atoms with Crippen molar-refractivity contribution in [2.24, 2.45) is 7.05 Å². The molecular formula is C7H7BrN4S2. The lowest BCUT2D eigenvalue weighted by Gasteiger charge is -1.96. The van der Waals surface area contributed by atoms with Gasteiger partial charge in [0, 0.05) is 12.4 Å². The maximum Gasteiger partial charge on any atom is 0.198 e. The standard InChI is InChI=1S/C7H7BrN4S2/c1-4-10-11-6(12(4)2)14-7-9-5(8)3-13-7/h3H,1-2H3. The van der Waals surface area contributed by atoms with Gasteiger partial charge in [-0.3, -0.25) is 0 Å². The zero-order valence-corrected chi connectivity index (χ0v) is 10.8. The van der Waals surface area contributed by atoms with E-state index in [4.69, 9.17) is 0 Å². The quantitative estimate of drug-likeness (QED) is 0.852. The van der Waals surface area contributed by atoms with Gasteiger partial charge in [0.2, 0.25) is 0 Å². The predicted molar refractivity (Wildman–Crippen MR) is 59.7 cm³/mol. The Morgan fingerprint density at radius 1 is 1.50 bits per heavy atom. The van der Waals surface area contributed by atoms with E-state index in [0.29, 0.717) is 0 Å². The van der Waals surface area contributed by atoms with Crippen LogP contribution in [0.5, 0.6) is 0 Å². The zero-order valence-electron chi connectivity index (χ0n) is 7.56. The van der Waals surface area contributed by atoms with E-state index >= 15 is 0 Å². The summed E-state index contributed by atoms with van der Waals surface area (Å²) in [4.78, 5) is 4.27. The van der Waals surface area contributed by atoms with Gasteiger partial charge in [0.05, 0.1) is 0 Å². The number of aromatic nitrogens is 4. The normalized spacial score (nSPS) is 10.8. The Hall–Kier alpha value is -0.400. The van der Waals surface area contributed by atoms with Crippen LogP contribution in [0, 0.1) is 6.92 Å². The van der Waals surface area contributed by atoms with Crippen molar-refractivity contribution >= 4 is 39.0 Å². The monoisotopic (exact) mass is 290 g/mol. The molecule has 0 bridgehead atoms. The Balaban J connectivity index is 2.22. The fraction of sp³-hybridized carbons (Fsp3) is 0.286. The Bertz CT molecular complexity index is 450. The van der Waals surface area contributed by atoms with Gasteiger partial charge in [0.15, 0.2) is 9.50 Å². The molecule has 0 N–H and O–H groups in total. The van der Waals surface area contributed by atoms with Gasteiger partial charge in [-0.25, -0.2) is 4.98 Å². The van der Waals surface area contributed by atoms with Crippen LogP contribution >= 0.6 is 39.0 Å². The maximum atomic E-state index is 4.27. The van der Waals surface area contributed by atoms with Gasteiger partial charge in [-0.15, -0.1) is 21.5 Å². The molecule has 74 valence electrons. The highest BCUT2D eigenvalue weighted by molar-refractivity contribution is 9.10. The average molecular weight is 291 g/mol. The number of thiazole rings is 1. The van der Waals surface area contributed by atoms with Crippen LogP contribution in [0.3, 0.4) is 0 Å². The molecule has 7 heteroatoms. The summed E-state index contributed by atoms with van der Waals surface area (Å²) in [6.07, 6.45) is 0. The molecule has 2 heterocycles. The average Bonchev–Trinajstić information content (AvgIpc) is 2.67. The largest absolute Gasteiger partial charge is 0.309 e. The molecule has 0 amide bonds. The van der Waals surface area contributed by atoms with Gasteiger partial charge in [0.1, 0.15) is 10.4 Å². The molecule has 4 nitrogen and oxygen atoms in total. The lowest BCUT2D eigenvalue weighted by atomic mass is 10.7. The van der Waals surface area contributed by atoms with Crippen molar-refractivity contribution < 1.29 is 0 Å². The van der Waals surface area contributed by atoms with Crippen molar-refractivity contribution in [3.05, 3.63) is 15.8 Å². The Morgan fingerprint density at radius 3 is 2.79 bits per heavy atom. The van der Waals surface area contributed by atoms with E-state index < -0.39 is 0 Å². The van der Waals surface area contributed by atoms with Crippen LogP contribution in [-0.4, -0.2) is 19.7 Å². The van der Waals surface area contributed by atoms with Gasteiger partial charge in [-0.1, -0.05) is 0 Å². The molecule has 0 unspecified atom stereocenters. The zero-order chi connectivity index (χ0) is 10.1. The third-order valence-electron chi connectivity index (χ3n) is 1.69. The summed E-state index contributed by atoms with van der Waals surface area (Å²) in [6, 6.07) is 0. The first kappa shape index (κ1) is 10.1.